The summed E-state index contributed by atoms with van der Waals surface area (Å²) in [6.07, 6.45) is 0. The Labute approximate surface area is 50.7 Å². The van der Waals surface area contributed by atoms with Gasteiger partial charge in [-0.25, -0.2) is 4.68 Å². The maximum Gasteiger partial charge on any atom is 0.266 e. The second-order valence-electron chi connectivity index (χ2n) is 1.62. The van der Waals surface area contributed by atoms with Crippen LogP contribution in [0.4, 0.5) is 4.39 Å². The predicted molar refractivity (Wildman–Crippen MR) is 29.4 cm³/mol. The summed E-state index contributed by atoms with van der Waals surface area (Å²) in [6, 6.07) is 2.16. The highest BCUT2D eigenvalue weighted by molar-refractivity contribution is 4.86. The van der Waals surface area contributed by atoms with E-state index in [1.807, 2.05) is 0 Å². The van der Waals surface area contributed by atoms with Gasteiger partial charge < -0.3 is 0 Å². The highest BCUT2D eigenvalue weighted by atomic mass is 19.1. The lowest BCUT2D eigenvalue weighted by atomic mass is 10.6. The predicted octanol–water partition coefficient (Wildman–Crippen LogP) is -0.0806. The van der Waals surface area contributed by atoms with Crippen LogP contribution in [0.25, 0.3) is 0 Å². The van der Waals surface area contributed by atoms with Crippen molar-refractivity contribution in [3.05, 3.63) is 28.4 Å². The van der Waals surface area contributed by atoms with E-state index >= 15 is 0 Å². The zero-order valence-corrected chi connectivity index (χ0v) is 4.84. The fourth-order valence-electron chi connectivity index (χ4n) is 0.474. The van der Waals surface area contributed by atoms with E-state index in [0.717, 1.165) is 16.8 Å². The van der Waals surface area contributed by atoms with Gasteiger partial charge in [0.1, 0.15) is 0 Å². The quantitative estimate of drug-likeness (QED) is 0.489. The van der Waals surface area contributed by atoms with Gasteiger partial charge in [-0.05, 0) is 0 Å². The lowest BCUT2D eigenvalue weighted by Gasteiger charge is -1.90. The number of hydrogen-bond acceptors (Lipinski definition) is 2. The fraction of sp³-hybridized carbons (Fsp3) is 0.200. The minimum absolute atomic E-state index is 0.309. The molecule has 1 aromatic heterocycles. The van der Waals surface area contributed by atoms with Gasteiger partial charge in [0.15, 0.2) is 0 Å². The van der Waals surface area contributed by atoms with Crippen molar-refractivity contribution in [3.63, 3.8) is 0 Å². The number of aryl methyl sites for hydroxylation is 1. The van der Waals surface area contributed by atoms with Crippen molar-refractivity contribution >= 4 is 0 Å². The summed E-state index contributed by atoms with van der Waals surface area (Å²) in [5.41, 5.74) is -0.309. The van der Waals surface area contributed by atoms with Crippen LogP contribution in [0.1, 0.15) is 0 Å². The van der Waals surface area contributed by atoms with E-state index in [-0.39, 0.29) is 5.56 Å². The van der Waals surface area contributed by atoms with Crippen molar-refractivity contribution in [2.45, 2.75) is 0 Å². The van der Waals surface area contributed by atoms with Gasteiger partial charge in [0.05, 0.1) is 0 Å². The third-order valence-electron chi connectivity index (χ3n) is 0.928. The van der Waals surface area contributed by atoms with E-state index < -0.39 is 5.95 Å². The number of halogens is 1. The maximum absolute atomic E-state index is 12.1. The molecule has 0 aromatic carbocycles. The number of aromatic nitrogens is 2. The van der Waals surface area contributed by atoms with Crippen molar-refractivity contribution in [2.75, 3.05) is 0 Å². The summed E-state index contributed by atoms with van der Waals surface area (Å²) < 4.78 is 13.0. The van der Waals surface area contributed by atoms with Gasteiger partial charge in [0.2, 0.25) is 5.95 Å². The van der Waals surface area contributed by atoms with E-state index in [2.05, 4.69) is 5.10 Å². The smallest absolute Gasteiger partial charge is 0.266 e. The molecule has 0 amide bonds. The Bertz CT molecular complexity index is 268. The van der Waals surface area contributed by atoms with Gasteiger partial charge in [-0.3, -0.25) is 4.79 Å². The Morgan fingerprint density at radius 1 is 1.67 bits per heavy atom. The molecule has 3 nitrogen and oxygen atoms in total. The normalized spacial score (nSPS) is 9.56. The largest absolute Gasteiger partial charge is 0.268 e. The molecule has 0 fully saturated rings. The molecule has 1 aromatic rings. The lowest BCUT2D eigenvalue weighted by molar-refractivity contribution is 0.518. The average molecular weight is 128 g/mol. The molecule has 0 aliphatic heterocycles. The van der Waals surface area contributed by atoms with Gasteiger partial charge in [0.25, 0.3) is 5.56 Å². The third-order valence-corrected chi connectivity index (χ3v) is 0.928. The zero-order valence-electron chi connectivity index (χ0n) is 4.84. The Kier molecular flexibility index (Phi) is 1.30. The Hall–Kier alpha value is -1.19. The molecular formula is C5H5FN2O. The van der Waals surface area contributed by atoms with Crippen molar-refractivity contribution in [2.24, 2.45) is 7.05 Å². The van der Waals surface area contributed by atoms with Crippen molar-refractivity contribution in [1.82, 2.24) is 9.78 Å². The van der Waals surface area contributed by atoms with Crippen molar-refractivity contribution in [3.8, 4) is 0 Å². The minimum atomic E-state index is -0.642. The molecule has 48 valence electrons. The molecule has 0 unspecified atom stereocenters. The molecule has 0 saturated carbocycles. The first-order chi connectivity index (χ1) is 4.20. The molecule has 0 atom stereocenters. The van der Waals surface area contributed by atoms with Gasteiger partial charge in [-0.15, -0.1) is 5.10 Å². The van der Waals surface area contributed by atoms with E-state index in [1.54, 1.807) is 0 Å². The first-order valence-electron chi connectivity index (χ1n) is 2.40. The highest BCUT2D eigenvalue weighted by Gasteiger charge is 1.91. The van der Waals surface area contributed by atoms with Crippen LogP contribution in [0.5, 0.6) is 0 Å². The molecule has 0 aliphatic carbocycles. The van der Waals surface area contributed by atoms with Crippen LogP contribution in [-0.4, -0.2) is 9.78 Å². The van der Waals surface area contributed by atoms with Gasteiger partial charge in [-0.2, -0.15) is 4.39 Å². The van der Waals surface area contributed by atoms with Gasteiger partial charge in [0, 0.05) is 19.2 Å². The average Bonchev–Trinajstić information content (AvgIpc) is 1.80. The van der Waals surface area contributed by atoms with Crippen LogP contribution >= 0.6 is 0 Å². The maximum atomic E-state index is 12.1. The molecular weight excluding hydrogens is 123 g/mol. The summed E-state index contributed by atoms with van der Waals surface area (Å²) in [5, 5.41) is 3.21. The van der Waals surface area contributed by atoms with Crippen LogP contribution < -0.4 is 5.56 Å². The summed E-state index contributed by atoms with van der Waals surface area (Å²) in [6.45, 7) is 0. The molecule has 0 aliphatic rings. The van der Waals surface area contributed by atoms with Crippen LogP contribution in [0.3, 0.4) is 0 Å². The van der Waals surface area contributed by atoms with Gasteiger partial charge >= 0.3 is 0 Å². The molecule has 0 spiro atoms. The SMILES string of the molecule is Cn1nc(F)ccc1=O. The topological polar surface area (TPSA) is 34.9 Å². The molecule has 1 rings (SSSR count). The zero-order chi connectivity index (χ0) is 6.85. The third kappa shape index (κ3) is 1.13. The summed E-state index contributed by atoms with van der Waals surface area (Å²) >= 11 is 0. The Morgan fingerprint density at radius 3 is 2.78 bits per heavy atom. The summed E-state index contributed by atoms with van der Waals surface area (Å²) in [5.74, 6) is -0.642. The van der Waals surface area contributed by atoms with Crippen molar-refractivity contribution in [1.29, 1.82) is 0 Å². The second-order valence-corrected chi connectivity index (χ2v) is 1.62. The Morgan fingerprint density at radius 2 is 2.33 bits per heavy atom. The number of rotatable bonds is 0. The summed E-state index contributed by atoms with van der Waals surface area (Å²) in [7, 11) is 1.39. The van der Waals surface area contributed by atoms with Gasteiger partial charge in [-0.1, -0.05) is 0 Å². The fourth-order valence-corrected chi connectivity index (χ4v) is 0.474. The van der Waals surface area contributed by atoms with E-state index in [1.165, 1.54) is 7.05 Å². The monoisotopic (exact) mass is 128 g/mol. The van der Waals surface area contributed by atoms with E-state index in [4.69, 9.17) is 0 Å². The van der Waals surface area contributed by atoms with Crippen molar-refractivity contribution < 1.29 is 4.39 Å². The first kappa shape index (κ1) is 5.94. The Balaban J connectivity index is 3.34. The van der Waals surface area contributed by atoms with Crippen LogP contribution in [-0.2, 0) is 7.05 Å². The number of hydrogen-bond donors (Lipinski definition) is 0. The molecule has 1 heterocycles. The van der Waals surface area contributed by atoms with E-state index in [9.17, 15) is 9.18 Å². The van der Waals surface area contributed by atoms with Crippen LogP contribution in [0.2, 0.25) is 0 Å². The highest BCUT2D eigenvalue weighted by Crippen LogP contribution is 1.81. The van der Waals surface area contributed by atoms with Crippen LogP contribution in [0, 0.1) is 5.95 Å². The lowest BCUT2D eigenvalue weighted by Crippen LogP contribution is -2.18. The molecule has 0 N–H and O–H groups in total. The standard InChI is InChI=1S/C5H5FN2O/c1-8-5(9)3-2-4(6)7-8/h2-3H,1H3. The molecule has 0 bridgehead atoms. The minimum Gasteiger partial charge on any atom is -0.268 e. The molecule has 0 saturated heterocycles. The molecule has 4 heteroatoms. The van der Waals surface area contributed by atoms with E-state index in [0.29, 0.717) is 0 Å². The van der Waals surface area contributed by atoms with Crippen LogP contribution in [0.15, 0.2) is 16.9 Å². The molecule has 0 radical (unpaired) electrons. The molecule has 9 heavy (non-hydrogen) atoms. The number of nitrogens with zero attached hydrogens (tertiary/aromatic N) is 2. The second kappa shape index (κ2) is 1.97. The first-order valence-corrected chi connectivity index (χ1v) is 2.40. The summed E-state index contributed by atoms with van der Waals surface area (Å²) in [4.78, 5) is 10.5.